The highest BCUT2D eigenvalue weighted by Crippen LogP contribution is 2.17. The molecule has 0 spiro atoms. The smallest absolute Gasteiger partial charge is 0.225 e. The third-order valence-electron chi connectivity index (χ3n) is 3.73. The molecule has 1 aliphatic heterocycles. The number of para-hydroxylation sites is 1. The van der Waals surface area contributed by atoms with E-state index in [9.17, 15) is 9.18 Å². The summed E-state index contributed by atoms with van der Waals surface area (Å²) in [6.45, 7) is 7.80. The number of hydrogen-bond donors (Lipinski definition) is 2. The molecule has 1 heterocycles. The SMILES string of the molecule is CC1(C)CNCCN1CCC(=O)Nc1ccccc1F. The van der Waals surface area contributed by atoms with Crippen molar-refractivity contribution in [3.05, 3.63) is 30.1 Å². The summed E-state index contributed by atoms with van der Waals surface area (Å²) in [7, 11) is 0. The summed E-state index contributed by atoms with van der Waals surface area (Å²) in [5, 5.41) is 5.97. The fraction of sp³-hybridized carbons (Fsp3) is 0.533. The fourth-order valence-electron chi connectivity index (χ4n) is 2.45. The Balaban J connectivity index is 1.85. The summed E-state index contributed by atoms with van der Waals surface area (Å²) >= 11 is 0. The van der Waals surface area contributed by atoms with E-state index in [2.05, 4.69) is 29.4 Å². The van der Waals surface area contributed by atoms with Gasteiger partial charge in [-0.3, -0.25) is 9.69 Å². The number of nitrogens with zero attached hydrogens (tertiary/aromatic N) is 1. The average Bonchev–Trinajstić information content (AvgIpc) is 2.40. The second-order valence-electron chi connectivity index (χ2n) is 5.75. The second kappa shape index (κ2) is 6.33. The summed E-state index contributed by atoms with van der Waals surface area (Å²) in [6, 6.07) is 6.23. The summed E-state index contributed by atoms with van der Waals surface area (Å²) in [6.07, 6.45) is 0.373. The van der Waals surface area contributed by atoms with Crippen molar-refractivity contribution in [1.82, 2.24) is 10.2 Å². The summed E-state index contributed by atoms with van der Waals surface area (Å²) < 4.78 is 13.4. The highest BCUT2D eigenvalue weighted by molar-refractivity contribution is 5.90. The van der Waals surface area contributed by atoms with E-state index in [-0.39, 0.29) is 17.1 Å². The van der Waals surface area contributed by atoms with Gasteiger partial charge in [0.05, 0.1) is 5.69 Å². The van der Waals surface area contributed by atoms with Gasteiger partial charge in [0, 0.05) is 38.1 Å². The Morgan fingerprint density at radius 3 is 2.90 bits per heavy atom. The van der Waals surface area contributed by atoms with Crippen molar-refractivity contribution in [3.8, 4) is 0 Å². The molecule has 2 N–H and O–H groups in total. The molecule has 4 nitrogen and oxygen atoms in total. The first-order valence-electron chi connectivity index (χ1n) is 6.99. The molecule has 0 atom stereocenters. The van der Waals surface area contributed by atoms with Crippen LogP contribution in [0.3, 0.4) is 0 Å². The standard InChI is InChI=1S/C15H22FN3O/c1-15(2)11-17-8-10-19(15)9-7-14(20)18-13-6-4-3-5-12(13)16/h3-6,17H,7-11H2,1-2H3,(H,18,20). The Hall–Kier alpha value is -1.46. The van der Waals surface area contributed by atoms with Gasteiger partial charge >= 0.3 is 0 Å². The van der Waals surface area contributed by atoms with E-state index in [0.29, 0.717) is 13.0 Å². The number of carbonyl (C=O) groups excluding carboxylic acids is 1. The van der Waals surface area contributed by atoms with Crippen LogP contribution in [0.15, 0.2) is 24.3 Å². The Kier molecular flexibility index (Phi) is 4.73. The number of amides is 1. The third kappa shape index (κ3) is 3.77. The van der Waals surface area contributed by atoms with Crippen LogP contribution in [0.25, 0.3) is 0 Å². The van der Waals surface area contributed by atoms with Crippen molar-refractivity contribution in [2.75, 3.05) is 31.5 Å². The molecule has 1 aromatic rings. The Morgan fingerprint density at radius 2 is 2.20 bits per heavy atom. The molecule has 0 saturated carbocycles. The van der Waals surface area contributed by atoms with Gasteiger partial charge in [-0.15, -0.1) is 0 Å². The number of benzene rings is 1. The monoisotopic (exact) mass is 279 g/mol. The first-order chi connectivity index (χ1) is 9.49. The van der Waals surface area contributed by atoms with E-state index in [0.717, 1.165) is 19.6 Å². The van der Waals surface area contributed by atoms with Gasteiger partial charge < -0.3 is 10.6 Å². The number of nitrogens with one attached hydrogen (secondary N) is 2. The lowest BCUT2D eigenvalue weighted by Crippen LogP contribution is -2.58. The molecular formula is C15H22FN3O. The molecule has 5 heteroatoms. The van der Waals surface area contributed by atoms with Crippen molar-refractivity contribution < 1.29 is 9.18 Å². The maximum absolute atomic E-state index is 13.4. The van der Waals surface area contributed by atoms with Crippen LogP contribution >= 0.6 is 0 Å². The Bertz CT molecular complexity index is 476. The highest BCUT2D eigenvalue weighted by Gasteiger charge is 2.29. The number of anilines is 1. The molecule has 0 unspecified atom stereocenters. The molecular weight excluding hydrogens is 257 g/mol. The van der Waals surface area contributed by atoms with E-state index < -0.39 is 5.82 Å². The average molecular weight is 279 g/mol. The van der Waals surface area contributed by atoms with E-state index >= 15 is 0 Å². The van der Waals surface area contributed by atoms with E-state index in [1.54, 1.807) is 18.2 Å². The molecule has 1 aromatic carbocycles. The number of piperazine rings is 1. The van der Waals surface area contributed by atoms with Gasteiger partial charge in [-0.2, -0.15) is 0 Å². The minimum Gasteiger partial charge on any atom is -0.324 e. The van der Waals surface area contributed by atoms with Gasteiger partial charge in [0.1, 0.15) is 5.82 Å². The molecule has 0 radical (unpaired) electrons. The minimum atomic E-state index is -0.400. The molecule has 1 aliphatic rings. The maximum atomic E-state index is 13.4. The third-order valence-corrected chi connectivity index (χ3v) is 3.73. The van der Waals surface area contributed by atoms with Crippen LogP contribution in [0.1, 0.15) is 20.3 Å². The van der Waals surface area contributed by atoms with Crippen LogP contribution in [0.5, 0.6) is 0 Å². The normalized spacial score (nSPS) is 18.8. The van der Waals surface area contributed by atoms with Crippen molar-refractivity contribution in [1.29, 1.82) is 0 Å². The van der Waals surface area contributed by atoms with Crippen LogP contribution in [0.4, 0.5) is 10.1 Å². The number of rotatable bonds is 4. The lowest BCUT2D eigenvalue weighted by Gasteiger charge is -2.42. The lowest BCUT2D eigenvalue weighted by atomic mass is 10.00. The van der Waals surface area contributed by atoms with Crippen LogP contribution < -0.4 is 10.6 Å². The fourth-order valence-corrected chi connectivity index (χ4v) is 2.45. The first kappa shape index (κ1) is 14.9. The van der Waals surface area contributed by atoms with Gasteiger partial charge in [0.15, 0.2) is 0 Å². The molecule has 1 saturated heterocycles. The predicted octanol–water partition coefficient (Wildman–Crippen LogP) is 1.84. The van der Waals surface area contributed by atoms with Crippen LogP contribution in [-0.2, 0) is 4.79 Å². The largest absolute Gasteiger partial charge is 0.324 e. The summed E-state index contributed by atoms with van der Waals surface area (Å²) in [4.78, 5) is 14.2. The molecule has 0 aromatic heterocycles. The molecule has 2 rings (SSSR count). The zero-order valence-corrected chi connectivity index (χ0v) is 12.1. The molecule has 0 bridgehead atoms. The van der Waals surface area contributed by atoms with Gasteiger partial charge in [0.2, 0.25) is 5.91 Å². The van der Waals surface area contributed by atoms with Crippen molar-refractivity contribution in [2.24, 2.45) is 0 Å². The van der Waals surface area contributed by atoms with Gasteiger partial charge in [-0.05, 0) is 26.0 Å². The van der Waals surface area contributed by atoms with Crippen molar-refractivity contribution >= 4 is 11.6 Å². The molecule has 1 fully saturated rings. The van der Waals surface area contributed by atoms with Gasteiger partial charge in [-0.1, -0.05) is 12.1 Å². The molecule has 110 valence electrons. The Morgan fingerprint density at radius 1 is 1.45 bits per heavy atom. The number of carbonyl (C=O) groups is 1. The van der Waals surface area contributed by atoms with Crippen LogP contribution in [0.2, 0.25) is 0 Å². The quantitative estimate of drug-likeness (QED) is 0.884. The van der Waals surface area contributed by atoms with E-state index in [4.69, 9.17) is 0 Å². The highest BCUT2D eigenvalue weighted by atomic mass is 19.1. The molecule has 1 amide bonds. The van der Waals surface area contributed by atoms with Crippen LogP contribution in [0, 0.1) is 5.82 Å². The topological polar surface area (TPSA) is 44.4 Å². The minimum absolute atomic E-state index is 0.0521. The second-order valence-corrected chi connectivity index (χ2v) is 5.75. The van der Waals surface area contributed by atoms with Crippen molar-refractivity contribution in [2.45, 2.75) is 25.8 Å². The number of halogens is 1. The zero-order valence-electron chi connectivity index (χ0n) is 12.1. The zero-order chi connectivity index (χ0) is 14.6. The molecule has 0 aliphatic carbocycles. The predicted molar refractivity (Wildman–Crippen MR) is 78.2 cm³/mol. The summed E-state index contributed by atoms with van der Waals surface area (Å²) in [5.74, 6) is -0.548. The lowest BCUT2D eigenvalue weighted by molar-refractivity contribution is -0.116. The van der Waals surface area contributed by atoms with E-state index in [1.807, 2.05) is 0 Å². The number of hydrogen-bond acceptors (Lipinski definition) is 3. The van der Waals surface area contributed by atoms with Gasteiger partial charge in [-0.25, -0.2) is 4.39 Å². The van der Waals surface area contributed by atoms with E-state index in [1.165, 1.54) is 6.07 Å². The van der Waals surface area contributed by atoms with Crippen molar-refractivity contribution in [3.63, 3.8) is 0 Å². The Labute approximate surface area is 119 Å². The van der Waals surface area contributed by atoms with Crippen LogP contribution in [-0.4, -0.2) is 42.5 Å². The summed E-state index contributed by atoms with van der Waals surface area (Å²) in [5.41, 5.74) is 0.299. The maximum Gasteiger partial charge on any atom is 0.225 e. The molecule has 20 heavy (non-hydrogen) atoms. The first-order valence-corrected chi connectivity index (χ1v) is 6.99. The van der Waals surface area contributed by atoms with Gasteiger partial charge in [0.25, 0.3) is 0 Å².